The molecule has 2 aromatic heterocycles. The molecule has 2 N–H and O–H groups in total. The predicted molar refractivity (Wildman–Crippen MR) is 194 cm³/mol. The van der Waals surface area contributed by atoms with Crippen LogP contribution in [0.25, 0.3) is 22.1 Å². The molecule has 2 unspecified atom stereocenters. The van der Waals surface area contributed by atoms with Gasteiger partial charge < -0.3 is 24.2 Å². The van der Waals surface area contributed by atoms with Crippen LogP contribution in [0.5, 0.6) is 0 Å². The highest BCUT2D eigenvalue weighted by atomic mass is 16.3. The smallest absolute Gasteiger partial charge is 0.0959 e. The van der Waals surface area contributed by atoms with Crippen molar-refractivity contribution in [2.24, 2.45) is 0 Å². The third kappa shape index (κ3) is 8.54. The Labute approximate surface area is 281 Å². The van der Waals surface area contributed by atoms with Crippen molar-refractivity contribution in [3.05, 3.63) is 158 Å². The molecule has 0 aliphatic carbocycles. The molecule has 2 atom stereocenters. The number of para-hydroxylation sites is 6. The summed E-state index contributed by atoms with van der Waals surface area (Å²) in [6.07, 6.45) is 2.63. The molecule has 0 saturated carbocycles. The number of aliphatic hydroxyl groups excluding tert-OH is 2. The van der Waals surface area contributed by atoms with Gasteiger partial charge in [0.05, 0.1) is 66.6 Å². The number of hydrogen-bond donors (Lipinski definition) is 2. The first-order chi connectivity index (χ1) is 23.5. The number of benzene rings is 5. The molecule has 0 spiro atoms. The zero-order valence-corrected chi connectivity index (χ0v) is 27.2. The molecule has 8 nitrogen and oxygen atoms in total. The van der Waals surface area contributed by atoms with Crippen molar-refractivity contribution >= 4 is 33.4 Å². The van der Waals surface area contributed by atoms with E-state index in [-0.39, 0.29) is 0 Å². The van der Waals surface area contributed by atoms with Crippen LogP contribution in [-0.4, -0.2) is 66.6 Å². The van der Waals surface area contributed by atoms with E-state index in [9.17, 15) is 10.2 Å². The summed E-state index contributed by atoms with van der Waals surface area (Å²) in [4.78, 5) is 13.0. The van der Waals surface area contributed by atoms with E-state index < -0.39 is 12.2 Å². The molecular formula is C40H42N6O2. The minimum atomic E-state index is -0.534. The molecular weight excluding hydrogens is 596 g/mol. The lowest BCUT2D eigenvalue weighted by molar-refractivity contribution is 0.108. The van der Waals surface area contributed by atoms with E-state index in [0.717, 1.165) is 40.0 Å². The van der Waals surface area contributed by atoms with Crippen LogP contribution in [0.4, 0.5) is 11.4 Å². The molecule has 48 heavy (non-hydrogen) atoms. The first-order valence-corrected chi connectivity index (χ1v) is 16.3. The fraction of sp³-hybridized carbons (Fsp3) is 0.200. The van der Waals surface area contributed by atoms with Crippen LogP contribution in [0.15, 0.2) is 152 Å². The van der Waals surface area contributed by atoms with Gasteiger partial charge in [-0.25, -0.2) is 9.97 Å². The highest BCUT2D eigenvalue weighted by Gasteiger charge is 2.16. The van der Waals surface area contributed by atoms with Gasteiger partial charge in [-0.05, 0) is 61.1 Å². The van der Waals surface area contributed by atoms with Gasteiger partial charge in [-0.3, -0.25) is 4.90 Å². The number of anilines is 2. The van der Waals surface area contributed by atoms with Gasteiger partial charge in [0.15, 0.2) is 0 Å². The Morgan fingerprint density at radius 3 is 1.46 bits per heavy atom. The molecule has 0 fully saturated rings. The van der Waals surface area contributed by atoms with Crippen LogP contribution in [0.3, 0.4) is 0 Å². The van der Waals surface area contributed by atoms with Crippen LogP contribution in [0.2, 0.25) is 0 Å². The first-order valence-electron chi connectivity index (χ1n) is 16.3. The van der Waals surface area contributed by atoms with Crippen LogP contribution < -0.4 is 4.90 Å². The summed E-state index contributed by atoms with van der Waals surface area (Å²) < 4.78 is 4.02. The molecule has 0 amide bonds. The maximum atomic E-state index is 10.8. The number of fused-ring (bicyclic) bond motifs is 2. The van der Waals surface area contributed by atoms with Crippen molar-refractivity contribution in [2.75, 3.05) is 25.0 Å². The van der Waals surface area contributed by atoms with Gasteiger partial charge in [-0.15, -0.1) is 0 Å². The second-order valence-electron chi connectivity index (χ2n) is 12.0. The third-order valence-corrected chi connectivity index (χ3v) is 8.22. The highest BCUT2D eigenvalue weighted by Crippen LogP contribution is 2.25. The van der Waals surface area contributed by atoms with Crippen molar-refractivity contribution < 1.29 is 10.2 Å². The maximum Gasteiger partial charge on any atom is 0.0959 e. The van der Waals surface area contributed by atoms with Crippen LogP contribution in [0, 0.1) is 0 Å². The Morgan fingerprint density at radius 2 is 0.958 bits per heavy atom. The molecule has 5 aromatic carbocycles. The van der Waals surface area contributed by atoms with Crippen molar-refractivity contribution in [1.29, 1.82) is 0 Å². The SMILES string of the molecule is CN(Cc1ccccc1)CC(O)Cn1cnc2ccccc21.OC(CN(c1ccccc1)c1ccccc1)Cn1cnc2ccccc21. The fourth-order valence-electron chi connectivity index (χ4n) is 5.99. The van der Waals surface area contributed by atoms with E-state index in [1.54, 1.807) is 12.7 Å². The molecule has 0 aliphatic rings. The standard InChI is InChI=1S/C22H21N3O.C18H21N3O/c26-20(15-24-17-23-21-13-7-8-14-22(21)24)16-25(18-9-3-1-4-10-18)19-11-5-2-6-12-19;1-20(11-15-7-3-2-4-8-15)12-16(22)13-21-14-19-17-9-5-6-10-18(17)21/h1-14,17,20,26H,15-16H2;2-10,14,16,22H,11-13H2,1H3. The Kier molecular flexibility index (Phi) is 10.9. The van der Waals surface area contributed by atoms with E-state index in [1.165, 1.54) is 5.56 Å². The highest BCUT2D eigenvalue weighted by molar-refractivity contribution is 5.75. The van der Waals surface area contributed by atoms with Gasteiger partial charge in [0.2, 0.25) is 0 Å². The molecule has 0 radical (unpaired) electrons. The molecule has 0 saturated heterocycles. The number of aliphatic hydroxyl groups is 2. The number of likely N-dealkylation sites (N-methyl/N-ethyl adjacent to an activating group) is 1. The summed E-state index contributed by atoms with van der Waals surface area (Å²) in [5.41, 5.74) is 7.39. The summed E-state index contributed by atoms with van der Waals surface area (Å²) in [6.45, 7) is 3.01. The summed E-state index contributed by atoms with van der Waals surface area (Å²) in [7, 11) is 2.03. The summed E-state index contributed by atoms with van der Waals surface area (Å²) in [5, 5.41) is 21.1. The third-order valence-electron chi connectivity index (χ3n) is 8.22. The van der Waals surface area contributed by atoms with Crippen molar-refractivity contribution in [1.82, 2.24) is 24.0 Å². The number of nitrogens with zero attached hydrogens (tertiary/aromatic N) is 6. The van der Waals surface area contributed by atoms with Gasteiger partial charge in [0.25, 0.3) is 0 Å². The van der Waals surface area contributed by atoms with Gasteiger partial charge in [0.1, 0.15) is 0 Å². The van der Waals surface area contributed by atoms with Crippen LogP contribution >= 0.6 is 0 Å². The molecule has 8 heteroatoms. The van der Waals surface area contributed by atoms with Crippen molar-refractivity contribution in [3.63, 3.8) is 0 Å². The average molecular weight is 639 g/mol. The number of aromatic nitrogens is 4. The van der Waals surface area contributed by atoms with Crippen molar-refractivity contribution in [3.8, 4) is 0 Å². The van der Waals surface area contributed by atoms with Gasteiger partial charge in [-0.1, -0.05) is 91.0 Å². The largest absolute Gasteiger partial charge is 0.390 e. The van der Waals surface area contributed by atoms with Gasteiger partial charge in [0, 0.05) is 24.5 Å². The molecule has 7 aromatic rings. The maximum absolute atomic E-state index is 10.8. The lowest BCUT2D eigenvalue weighted by atomic mass is 10.2. The topological polar surface area (TPSA) is 82.6 Å². The van der Waals surface area contributed by atoms with Crippen molar-refractivity contribution in [2.45, 2.75) is 31.8 Å². The number of imidazole rings is 2. The quantitative estimate of drug-likeness (QED) is 0.154. The summed E-state index contributed by atoms with van der Waals surface area (Å²) >= 11 is 0. The fourth-order valence-corrected chi connectivity index (χ4v) is 5.99. The zero-order valence-electron chi connectivity index (χ0n) is 27.2. The van der Waals surface area contributed by atoms with Crippen LogP contribution in [0.1, 0.15) is 5.56 Å². The monoisotopic (exact) mass is 638 g/mol. The van der Waals surface area contributed by atoms with Crippen LogP contribution in [-0.2, 0) is 19.6 Å². The van der Waals surface area contributed by atoms with Gasteiger partial charge in [-0.2, -0.15) is 0 Å². The summed E-state index contributed by atoms with van der Waals surface area (Å²) in [5.74, 6) is 0. The van der Waals surface area contributed by atoms with Gasteiger partial charge >= 0.3 is 0 Å². The Balaban J connectivity index is 0.000000170. The normalized spacial score (nSPS) is 12.5. The molecule has 7 rings (SSSR count). The molecule has 0 aliphatic heterocycles. The number of rotatable bonds is 12. The minimum Gasteiger partial charge on any atom is -0.390 e. The zero-order chi connectivity index (χ0) is 33.1. The molecule has 244 valence electrons. The first kappa shape index (κ1) is 32.7. The Morgan fingerprint density at radius 1 is 0.542 bits per heavy atom. The number of hydrogen-bond acceptors (Lipinski definition) is 6. The second-order valence-corrected chi connectivity index (χ2v) is 12.0. The molecule has 0 bridgehead atoms. The second kappa shape index (κ2) is 16.0. The predicted octanol–water partition coefficient (Wildman–Crippen LogP) is 6.76. The van der Waals surface area contributed by atoms with E-state index in [2.05, 4.69) is 56.2 Å². The Bertz CT molecular complexity index is 1940. The van der Waals surface area contributed by atoms with E-state index in [4.69, 9.17) is 0 Å². The Hall–Kier alpha value is -5.28. The van der Waals surface area contributed by atoms with E-state index >= 15 is 0 Å². The average Bonchev–Trinajstić information content (AvgIpc) is 3.72. The van der Waals surface area contributed by atoms with E-state index in [1.807, 2.05) is 119 Å². The molecule has 2 heterocycles. The minimum absolute atomic E-state index is 0.425. The lowest BCUT2D eigenvalue weighted by Crippen LogP contribution is -2.31. The van der Waals surface area contributed by atoms with E-state index in [0.29, 0.717) is 26.2 Å². The lowest BCUT2D eigenvalue weighted by Gasteiger charge is -2.27. The summed E-state index contributed by atoms with van der Waals surface area (Å²) in [6, 6.07) is 46.6.